The molecular weight excluding hydrogens is 413 g/mol. The summed E-state index contributed by atoms with van der Waals surface area (Å²) in [5.74, 6) is 1.44. The zero-order valence-corrected chi connectivity index (χ0v) is 16.1. The fourth-order valence-electron chi connectivity index (χ4n) is 1.56. The minimum Gasteiger partial charge on any atom is -0.469 e. The summed E-state index contributed by atoms with van der Waals surface area (Å²) in [6, 6.07) is 10.3. The van der Waals surface area contributed by atoms with Crippen molar-refractivity contribution in [2.24, 2.45) is 4.99 Å². The zero-order chi connectivity index (χ0) is 15.3. The molecular formula is C15H24IN3O2S. The number of guanidine groups is 1. The van der Waals surface area contributed by atoms with Gasteiger partial charge in [0.05, 0.1) is 20.1 Å². The molecule has 0 aliphatic carbocycles. The van der Waals surface area contributed by atoms with Gasteiger partial charge in [-0.25, -0.2) is 0 Å². The number of esters is 1. The van der Waals surface area contributed by atoms with E-state index in [-0.39, 0.29) is 29.9 Å². The number of halogens is 1. The maximum Gasteiger partial charge on any atom is 0.307 e. The molecule has 0 atom stereocenters. The third kappa shape index (κ3) is 9.88. The van der Waals surface area contributed by atoms with E-state index in [0.717, 1.165) is 24.8 Å². The van der Waals surface area contributed by atoms with E-state index in [1.807, 2.05) is 25.1 Å². The fraction of sp³-hybridized carbons (Fsp3) is 0.467. The van der Waals surface area contributed by atoms with E-state index < -0.39 is 0 Å². The van der Waals surface area contributed by atoms with Gasteiger partial charge in [-0.1, -0.05) is 18.2 Å². The number of thioether (sulfide) groups is 1. The van der Waals surface area contributed by atoms with Crippen molar-refractivity contribution >= 4 is 47.7 Å². The molecule has 124 valence electrons. The molecule has 0 aliphatic heterocycles. The molecule has 2 N–H and O–H groups in total. The molecule has 1 aromatic rings. The van der Waals surface area contributed by atoms with E-state index in [0.29, 0.717) is 13.0 Å². The number of methoxy groups -OCH3 is 1. The van der Waals surface area contributed by atoms with Gasteiger partial charge < -0.3 is 15.4 Å². The van der Waals surface area contributed by atoms with Crippen LogP contribution in [0.5, 0.6) is 0 Å². The molecule has 7 heteroatoms. The number of carbonyl (C=O) groups is 1. The second-order valence-electron chi connectivity index (χ2n) is 4.18. The first kappa shape index (κ1) is 21.0. The highest BCUT2D eigenvalue weighted by molar-refractivity contribution is 14.0. The first-order chi connectivity index (χ1) is 10.3. The summed E-state index contributed by atoms with van der Waals surface area (Å²) in [5, 5.41) is 6.40. The van der Waals surface area contributed by atoms with Crippen LogP contribution in [0.15, 0.2) is 40.2 Å². The number of carbonyl (C=O) groups excluding carboxylic acids is 1. The molecule has 0 aliphatic rings. The number of rotatable bonds is 8. The van der Waals surface area contributed by atoms with E-state index in [1.54, 1.807) is 11.8 Å². The highest BCUT2D eigenvalue weighted by Crippen LogP contribution is 2.15. The lowest BCUT2D eigenvalue weighted by Gasteiger charge is -2.11. The predicted octanol–water partition coefficient (Wildman–Crippen LogP) is 2.51. The Balaban J connectivity index is 0.00000441. The zero-order valence-electron chi connectivity index (χ0n) is 13.0. The number of nitrogens with one attached hydrogen (secondary N) is 2. The standard InChI is InChI=1S/C15H23N3O2S.HI/c1-3-16-15(17-10-9-14(19)20-2)18-11-12-21-13-7-5-4-6-8-13;/h4-8H,3,9-12H2,1-2H3,(H2,16,17,18);1H. The van der Waals surface area contributed by atoms with E-state index in [4.69, 9.17) is 0 Å². The van der Waals surface area contributed by atoms with E-state index in [2.05, 4.69) is 32.5 Å². The summed E-state index contributed by atoms with van der Waals surface area (Å²) in [4.78, 5) is 16.6. The normalized spacial score (nSPS) is 10.5. The van der Waals surface area contributed by atoms with Crippen LogP contribution in [-0.4, -0.2) is 44.4 Å². The van der Waals surface area contributed by atoms with Crippen molar-refractivity contribution in [3.63, 3.8) is 0 Å². The second-order valence-corrected chi connectivity index (χ2v) is 5.34. The number of hydrogen-bond acceptors (Lipinski definition) is 4. The number of benzene rings is 1. The SMILES string of the molecule is CCNC(=NCCC(=O)OC)NCCSc1ccccc1.I. The molecule has 0 aromatic heterocycles. The third-order valence-corrected chi connectivity index (χ3v) is 3.58. The molecule has 22 heavy (non-hydrogen) atoms. The maximum absolute atomic E-state index is 11.0. The highest BCUT2D eigenvalue weighted by atomic mass is 127. The fourth-order valence-corrected chi connectivity index (χ4v) is 2.35. The Morgan fingerprint density at radius 3 is 2.64 bits per heavy atom. The third-order valence-electron chi connectivity index (χ3n) is 2.56. The number of nitrogens with zero attached hydrogens (tertiary/aromatic N) is 1. The molecule has 1 rings (SSSR count). The second kappa shape index (κ2) is 13.7. The predicted molar refractivity (Wildman–Crippen MR) is 103 cm³/mol. The number of ether oxygens (including phenoxy) is 1. The molecule has 0 fully saturated rings. The summed E-state index contributed by atoms with van der Waals surface area (Å²) in [7, 11) is 1.39. The van der Waals surface area contributed by atoms with Crippen LogP contribution in [-0.2, 0) is 9.53 Å². The van der Waals surface area contributed by atoms with Crippen LogP contribution in [0.4, 0.5) is 0 Å². The minimum absolute atomic E-state index is 0. The summed E-state index contributed by atoms with van der Waals surface area (Å²) in [6.45, 7) is 4.03. The van der Waals surface area contributed by atoms with Crippen molar-refractivity contribution in [3.8, 4) is 0 Å². The van der Waals surface area contributed by atoms with Crippen molar-refractivity contribution in [2.75, 3.05) is 32.5 Å². The molecule has 5 nitrogen and oxygen atoms in total. The van der Waals surface area contributed by atoms with Gasteiger partial charge >= 0.3 is 5.97 Å². The Labute approximate surface area is 153 Å². The van der Waals surface area contributed by atoms with E-state index in [9.17, 15) is 4.79 Å². The smallest absolute Gasteiger partial charge is 0.307 e. The van der Waals surface area contributed by atoms with Gasteiger partial charge in [0.1, 0.15) is 0 Å². The van der Waals surface area contributed by atoms with Crippen LogP contribution in [0.3, 0.4) is 0 Å². The lowest BCUT2D eigenvalue weighted by atomic mass is 10.4. The van der Waals surface area contributed by atoms with E-state index in [1.165, 1.54) is 12.0 Å². The molecule has 0 radical (unpaired) electrons. The summed E-state index contributed by atoms with van der Waals surface area (Å²) in [5.41, 5.74) is 0. The van der Waals surface area contributed by atoms with Gasteiger partial charge in [-0.3, -0.25) is 9.79 Å². The van der Waals surface area contributed by atoms with Gasteiger partial charge in [0, 0.05) is 23.7 Å². The van der Waals surface area contributed by atoms with Gasteiger partial charge in [0.2, 0.25) is 0 Å². The largest absolute Gasteiger partial charge is 0.469 e. The van der Waals surface area contributed by atoms with Crippen LogP contribution in [0.2, 0.25) is 0 Å². The van der Waals surface area contributed by atoms with Crippen LogP contribution < -0.4 is 10.6 Å². The highest BCUT2D eigenvalue weighted by Gasteiger charge is 2.00. The summed E-state index contributed by atoms with van der Waals surface area (Å²) in [6.07, 6.45) is 0.297. The molecule has 0 saturated carbocycles. The monoisotopic (exact) mass is 437 g/mol. The van der Waals surface area contributed by atoms with Gasteiger partial charge in [0.15, 0.2) is 5.96 Å². The molecule has 0 heterocycles. The quantitative estimate of drug-likeness (QED) is 0.164. The molecule has 0 spiro atoms. The Bertz CT molecular complexity index is 444. The molecule has 0 saturated heterocycles. The van der Waals surface area contributed by atoms with Crippen molar-refractivity contribution in [1.82, 2.24) is 10.6 Å². The Kier molecular flexibility index (Phi) is 13.1. The molecule has 0 bridgehead atoms. The van der Waals surface area contributed by atoms with Crippen molar-refractivity contribution in [2.45, 2.75) is 18.2 Å². The first-order valence-electron chi connectivity index (χ1n) is 7.03. The summed E-state index contributed by atoms with van der Waals surface area (Å²) >= 11 is 1.79. The van der Waals surface area contributed by atoms with Crippen LogP contribution in [0, 0.1) is 0 Å². The van der Waals surface area contributed by atoms with Crippen molar-refractivity contribution in [3.05, 3.63) is 30.3 Å². The van der Waals surface area contributed by atoms with Crippen LogP contribution in [0.1, 0.15) is 13.3 Å². The Morgan fingerprint density at radius 1 is 1.27 bits per heavy atom. The summed E-state index contributed by atoms with van der Waals surface area (Å²) < 4.78 is 4.59. The van der Waals surface area contributed by atoms with Gasteiger partial charge in [-0.2, -0.15) is 0 Å². The van der Waals surface area contributed by atoms with Gasteiger partial charge in [-0.15, -0.1) is 35.7 Å². The first-order valence-corrected chi connectivity index (χ1v) is 8.01. The number of hydrogen-bond donors (Lipinski definition) is 2. The van der Waals surface area contributed by atoms with Crippen molar-refractivity contribution in [1.29, 1.82) is 0 Å². The maximum atomic E-state index is 11.0. The molecule has 1 aromatic carbocycles. The average Bonchev–Trinajstić information content (AvgIpc) is 2.52. The lowest BCUT2D eigenvalue weighted by Crippen LogP contribution is -2.38. The van der Waals surface area contributed by atoms with Gasteiger partial charge in [0.25, 0.3) is 0 Å². The van der Waals surface area contributed by atoms with Crippen molar-refractivity contribution < 1.29 is 9.53 Å². The number of aliphatic imine (C=N–C) groups is 1. The van der Waals surface area contributed by atoms with Crippen LogP contribution in [0.25, 0.3) is 0 Å². The molecule has 0 unspecified atom stereocenters. The van der Waals surface area contributed by atoms with E-state index >= 15 is 0 Å². The Hall–Kier alpha value is -0.960. The topological polar surface area (TPSA) is 62.7 Å². The Morgan fingerprint density at radius 2 is 2.00 bits per heavy atom. The van der Waals surface area contributed by atoms with Crippen LogP contribution >= 0.6 is 35.7 Å². The molecule has 0 amide bonds. The lowest BCUT2D eigenvalue weighted by molar-refractivity contribution is -0.140. The minimum atomic E-state index is -0.241. The van der Waals surface area contributed by atoms with Gasteiger partial charge in [-0.05, 0) is 19.1 Å². The average molecular weight is 437 g/mol.